The van der Waals surface area contributed by atoms with E-state index in [1.54, 1.807) is 23.1 Å². The summed E-state index contributed by atoms with van der Waals surface area (Å²) in [5.74, 6) is -0.132. The highest BCUT2D eigenvalue weighted by atomic mass is 19.1. The molecule has 2 aromatic carbocycles. The molecule has 0 bridgehead atoms. The molecule has 1 saturated heterocycles. The summed E-state index contributed by atoms with van der Waals surface area (Å²) < 4.78 is 37.3. The molecule has 3 aromatic rings. The molecule has 8 heteroatoms. The fourth-order valence-electron chi connectivity index (χ4n) is 3.28. The Kier molecular flexibility index (Phi) is 4.77. The fourth-order valence-corrected chi connectivity index (χ4v) is 3.28. The van der Waals surface area contributed by atoms with E-state index in [1.807, 2.05) is 0 Å². The van der Waals surface area contributed by atoms with Crippen LogP contribution in [-0.2, 0) is 11.3 Å². The first-order valence-corrected chi connectivity index (χ1v) is 8.76. The van der Waals surface area contributed by atoms with Crippen molar-refractivity contribution in [1.82, 2.24) is 15.0 Å². The van der Waals surface area contributed by atoms with E-state index in [2.05, 4.69) is 10.1 Å². The fraction of sp³-hybridized carbons (Fsp3) is 0.250. The Balaban J connectivity index is 1.56. The van der Waals surface area contributed by atoms with Gasteiger partial charge in [-0.2, -0.15) is 4.98 Å². The number of ether oxygens (including phenoxy) is 1. The van der Waals surface area contributed by atoms with Crippen LogP contribution in [-0.4, -0.2) is 28.1 Å². The zero-order chi connectivity index (χ0) is 19.7. The lowest BCUT2D eigenvalue weighted by atomic mass is 10.1. The number of nitrogens with zero attached hydrogens (tertiary/aromatic N) is 3. The lowest BCUT2D eigenvalue weighted by Crippen LogP contribution is -2.27. The molecule has 1 fully saturated rings. The number of carbonyl (C=O) groups excluding carboxylic acids is 1. The molecule has 2 heterocycles. The van der Waals surface area contributed by atoms with Crippen LogP contribution in [0.25, 0.3) is 11.4 Å². The predicted molar refractivity (Wildman–Crippen MR) is 95.2 cm³/mol. The second kappa shape index (κ2) is 7.38. The average Bonchev–Trinajstić information content (AvgIpc) is 3.30. The molecule has 6 nitrogen and oxygen atoms in total. The van der Waals surface area contributed by atoms with Crippen LogP contribution in [0.4, 0.5) is 8.78 Å². The maximum Gasteiger partial charge on any atom is 0.249 e. The Morgan fingerprint density at radius 1 is 1.21 bits per heavy atom. The van der Waals surface area contributed by atoms with Gasteiger partial charge < -0.3 is 14.2 Å². The van der Waals surface area contributed by atoms with E-state index in [4.69, 9.17) is 9.26 Å². The van der Waals surface area contributed by atoms with Gasteiger partial charge >= 0.3 is 0 Å². The molecule has 0 N–H and O–H groups in total. The van der Waals surface area contributed by atoms with Crippen molar-refractivity contribution in [3.05, 3.63) is 65.6 Å². The molecule has 1 aliphatic heterocycles. The number of aromatic nitrogens is 2. The Labute approximate surface area is 159 Å². The third-order valence-corrected chi connectivity index (χ3v) is 4.73. The molecular weight excluding hydrogens is 368 g/mol. The van der Waals surface area contributed by atoms with Gasteiger partial charge in [0.1, 0.15) is 11.9 Å². The van der Waals surface area contributed by atoms with E-state index in [0.29, 0.717) is 35.7 Å². The van der Waals surface area contributed by atoms with Crippen molar-refractivity contribution in [3.63, 3.8) is 0 Å². The van der Waals surface area contributed by atoms with Gasteiger partial charge in [0.25, 0.3) is 0 Å². The zero-order valence-corrected chi connectivity index (χ0v) is 15.1. The summed E-state index contributed by atoms with van der Waals surface area (Å²) in [6.07, 6.45) is 0.875. The summed E-state index contributed by atoms with van der Waals surface area (Å²) in [6.45, 7) is 0.221. The van der Waals surface area contributed by atoms with Gasteiger partial charge in [-0.3, -0.25) is 4.79 Å². The van der Waals surface area contributed by atoms with E-state index in [9.17, 15) is 13.6 Å². The number of rotatable bonds is 5. The molecule has 1 amide bonds. The minimum absolute atomic E-state index is 0.0669. The second-order valence-corrected chi connectivity index (χ2v) is 6.51. The van der Waals surface area contributed by atoms with Gasteiger partial charge in [-0.05, 0) is 48.4 Å². The van der Waals surface area contributed by atoms with Crippen LogP contribution in [0.2, 0.25) is 0 Å². The Hall–Kier alpha value is -3.29. The van der Waals surface area contributed by atoms with Crippen LogP contribution in [0.1, 0.15) is 30.3 Å². The Morgan fingerprint density at radius 2 is 2.00 bits per heavy atom. The molecule has 144 valence electrons. The number of carbonyl (C=O) groups is 1. The summed E-state index contributed by atoms with van der Waals surface area (Å²) in [5.41, 5.74) is 1.25. The topological polar surface area (TPSA) is 68.5 Å². The number of likely N-dealkylation sites (tertiary alicyclic amines) is 1. The van der Waals surface area contributed by atoms with E-state index in [1.165, 1.54) is 31.4 Å². The zero-order valence-electron chi connectivity index (χ0n) is 15.1. The monoisotopic (exact) mass is 385 g/mol. The maximum atomic E-state index is 14.0. The van der Waals surface area contributed by atoms with Gasteiger partial charge in [-0.1, -0.05) is 11.2 Å². The summed E-state index contributed by atoms with van der Waals surface area (Å²) in [4.78, 5) is 18.3. The summed E-state index contributed by atoms with van der Waals surface area (Å²) in [6, 6.07) is 9.94. The minimum Gasteiger partial charge on any atom is -0.494 e. The van der Waals surface area contributed by atoms with Crippen LogP contribution < -0.4 is 4.74 Å². The molecule has 1 aliphatic rings. The normalized spacial score (nSPS) is 16.6. The van der Waals surface area contributed by atoms with Crippen molar-refractivity contribution < 1.29 is 22.8 Å². The van der Waals surface area contributed by atoms with E-state index < -0.39 is 5.82 Å². The predicted octanol–water partition coefficient (Wildman–Crippen LogP) is 3.89. The van der Waals surface area contributed by atoms with Crippen molar-refractivity contribution in [2.75, 3.05) is 7.11 Å². The number of amides is 1. The molecule has 0 saturated carbocycles. The molecule has 28 heavy (non-hydrogen) atoms. The summed E-state index contributed by atoms with van der Waals surface area (Å²) in [7, 11) is 1.40. The quantitative estimate of drug-likeness (QED) is 0.667. The lowest BCUT2D eigenvalue weighted by Gasteiger charge is -2.22. The van der Waals surface area contributed by atoms with Crippen molar-refractivity contribution in [1.29, 1.82) is 0 Å². The third-order valence-electron chi connectivity index (χ3n) is 4.73. The number of hydrogen-bond acceptors (Lipinski definition) is 5. The van der Waals surface area contributed by atoms with Gasteiger partial charge in [-0.15, -0.1) is 0 Å². The highest BCUT2D eigenvalue weighted by Crippen LogP contribution is 2.34. The smallest absolute Gasteiger partial charge is 0.249 e. The minimum atomic E-state index is -0.486. The van der Waals surface area contributed by atoms with Gasteiger partial charge in [0.15, 0.2) is 11.6 Å². The number of halogens is 2. The first-order chi connectivity index (χ1) is 13.5. The summed E-state index contributed by atoms with van der Waals surface area (Å²) in [5, 5.41) is 3.94. The molecule has 1 atom stereocenters. The number of methoxy groups -OCH3 is 1. The van der Waals surface area contributed by atoms with Gasteiger partial charge in [-0.25, -0.2) is 8.78 Å². The lowest BCUT2D eigenvalue weighted by molar-refractivity contribution is -0.130. The highest BCUT2D eigenvalue weighted by molar-refractivity contribution is 5.78. The largest absolute Gasteiger partial charge is 0.494 e. The van der Waals surface area contributed by atoms with E-state index >= 15 is 0 Å². The van der Waals surface area contributed by atoms with Crippen molar-refractivity contribution in [2.24, 2.45) is 0 Å². The van der Waals surface area contributed by atoms with Crippen LogP contribution in [0.3, 0.4) is 0 Å². The highest BCUT2D eigenvalue weighted by Gasteiger charge is 2.36. The first kappa shape index (κ1) is 18.1. The van der Waals surface area contributed by atoms with Crippen LogP contribution in [0.15, 0.2) is 47.0 Å². The molecular formula is C20H17F2N3O3. The molecule has 0 aliphatic carbocycles. The van der Waals surface area contributed by atoms with Crippen molar-refractivity contribution in [3.8, 4) is 17.1 Å². The van der Waals surface area contributed by atoms with Gasteiger partial charge in [0.2, 0.25) is 17.6 Å². The van der Waals surface area contributed by atoms with Crippen LogP contribution >= 0.6 is 0 Å². The van der Waals surface area contributed by atoms with Crippen molar-refractivity contribution in [2.45, 2.75) is 25.4 Å². The van der Waals surface area contributed by atoms with E-state index in [0.717, 1.165) is 0 Å². The standard InChI is InChI=1S/C20H17F2N3O3/c1-27-17-8-2-12(10-15(17)22)11-25-16(7-9-18(25)26)20-23-19(24-28-20)13-3-5-14(21)6-4-13/h2-6,8,10,16H,7,9,11H2,1H3. The SMILES string of the molecule is COc1ccc(CN2C(=O)CCC2c2nc(-c3ccc(F)cc3)no2)cc1F. The number of benzene rings is 2. The van der Waals surface area contributed by atoms with Gasteiger partial charge in [0, 0.05) is 18.5 Å². The van der Waals surface area contributed by atoms with Crippen LogP contribution in [0, 0.1) is 11.6 Å². The molecule has 1 unspecified atom stereocenters. The maximum absolute atomic E-state index is 14.0. The molecule has 1 aromatic heterocycles. The Morgan fingerprint density at radius 3 is 2.71 bits per heavy atom. The average molecular weight is 385 g/mol. The molecule has 0 spiro atoms. The van der Waals surface area contributed by atoms with Gasteiger partial charge in [0.05, 0.1) is 7.11 Å². The van der Waals surface area contributed by atoms with E-state index in [-0.39, 0.29) is 30.1 Å². The Bertz CT molecular complexity index is 1000. The summed E-state index contributed by atoms with van der Waals surface area (Å²) >= 11 is 0. The van der Waals surface area contributed by atoms with Crippen molar-refractivity contribution >= 4 is 5.91 Å². The third kappa shape index (κ3) is 3.45. The first-order valence-electron chi connectivity index (χ1n) is 8.76. The molecule has 4 rings (SSSR count). The molecule has 0 radical (unpaired) electrons. The second-order valence-electron chi connectivity index (χ2n) is 6.51. The van der Waals surface area contributed by atoms with Crippen LogP contribution in [0.5, 0.6) is 5.75 Å². The number of hydrogen-bond donors (Lipinski definition) is 0.